The molecule has 9 heteroatoms. The standard InChI is InChI=1S/C14H17N3O4S2/c1-9(2)13-15-16-14(22-13)17-23(18,19)10-4-5-11-12(8-10)21-7-3-6-20-11/h4-5,8-9H,3,6-7H2,1-2H3,(H,16,17). The first-order valence-electron chi connectivity index (χ1n) is 7.21. The van der Waals surface area contributed by atoms with Gasteiger partial charge in [0.2, 0.25) is 5.13 Å². The van der Waals surface area contributed by atoms with Crippen LogP contribution < -0.4 is 14.2 Å². The van der Waals surface area contributed by atoms with Gasteiger partial charge >= 0.3 is 0 Å². The normalized spacial score (nSPS) is 14.6. The molecule has 2 heterocycles. The molecule has 1 aliphatic heterocycles. The Morgan fingerprint density at radius 1 is 1.17 bits per heavy atom. The molecule has 23 heavy (non-hydrogen) atoms. The number of sulfonamides is 1. The van der Waals surface area contributed by atoms with E-state index in [9.17, 15) is 8.42 Å². The molecular formula is C14H17N3O4S2. The first kappa shape index (κ1) is 16.0. The van der Waals surface area contributed by atoms with Crippen molar-refractivity contribution in [3.8, 4) is 11.5 Å². The first-order chi connectivity index (χ1) is 11.0. The van der Waals surface area contributed by atoms with Gasteiger partial charge in [0, 0.05) is 18.4 Å². The molecule has 1 aliphatic rings. The molecule has 1 aromatic carbocycles. The van der Waals surface area contributed by atoms with Gasteiger partial charge in [0.25, 0.3) is 10.0 Å². The maximum Gasteiger partial charge on any atom is 0.263 e. The Hall–Kier alpha value is -1.87. The van der Waals surface area contributed by atoms with Crippen LogP contribution in [0.15, 0.2) is 23.1 Å². The van der Waals surface area contributed by atoms with E-state index in [0.717, 1.165) is 11.4 Å². The van der Waals surface area contributed by atoms with Crippen LogP contribution in [0.2, 0.25) is 0 Å². The molecule has 0 saturated heterocycles. The SMILES string of the molecule is CC(C)c1nnc(NS(=O)(=O)c2ccc3c(c2)OCCCO3)s1. The molecule has 0 saturated carbocycles. The zero-order valence-electron chi connectivity index (χ0n) is 12.8. The Labute approximate surface area is 138 Å². The van der Waals surface area contributed by atoms with Gasteiger partial charge in [-0.05, 0) is 12.1 Å². The molecular weight excluding hydrogens is 338 g/mol. The third-order valence-corrected chi connectivity index (χ3v) is 5.79. The van der Waals surface area contributed by atoms with Gasteiger partial charge in [-0.25, -0.2) is 8.42 Å². The first-order valence-corrected chi connectivity index (χ1v) is 9.51. The largest absolute Gasteiger partial charge is 0.490 e. The number of nitrogens with zero attached hydrogens (tertiary/aromatic N) is 2. The number of fused-ring (bicyclic) bond motifs is 1. The Bertz CT molecular complexity index is 802. The molecule has 0 radical (unpaired) electrons. The van der Waals surface area contributed by atoms with Crippen molar-refractivity contribution in [1.82, 2.24) is 10.2 Å². The van der Waals surface area contributed by atoms with Crippen molar-refractivity contribution < 1.29 is 17.9 Å². The van der Waals surface area contributed by atoms with Crippen molar-refractivity contribution in [2.24, 2.45) is 0 Å². The number of nitrogens with one attached hydrogen (secondary N) is 1. The van der Waals surface area contributed by atoms with E-state index in [2.05, 4.69) is 14.9 Å². The van der Waals surface area contributed by atoms with E-state index in [-0.39, 0.29) is 15.9 Å². The summed E-state index contributed by atoms with van der Waals surface area (Å²) in [4.78, 5) is 0.100. The minimum absolute atomic E-state index is 0.100. The van der Waals surface area contributed by atoms with Crippen LogP contribution in [0, 0.1) is 0 Å². The van der Waals surface area contributed by atoms with Gasteiger partial charge in [-0.1, -0.05) is 25.2 Å². The lowest BCUT2D eigenvalue weighted by Crippen LogP contribution is -2.13. The summed E-state index contributed by atoms with van der Waals surface area (Å²) in [6, 6.07) is 4.56. The Morgan fingerprint density at radius 3 is 2.61 bits per heavy atom. The fourth-order valence-corrected chi connectivity index (χ4v) is 3.98. The van der Waals surface area contributed by atoms with Crippen LogP contribution in [-0.2, 0) is 10.0 Å². The summed E-state index contributed by atoms with van der Waals surface area (Å²) in [6.45, 7) is 5.00. The summed E-state index contributed by atoms with van der Waals surface area (Å²) in [5, 5.41) is 8.88. The second kappa shape index (κ2) is 6.32. The Kier molecular flexibility index (Phi) is 4.40. The lowest BCUT2D eigenvalue weighted by molar-refractivity contribution is 0.297. The van der Waals surface area contributed by atoms with Crippen LogP contribution in [0.5, 0.6) is 11.5 Å². The lowest BCUT2D eigenvalue weighted by atomic mass is 10.2. The Balaban J connectivity index is 1.85. The van der Waals surface area contributed by atoms with Gasteiger partial charge in [-0.15, -0.1) is 10.2 Å². The molecule has 0 unspecified atom stereocenters. The molecule has 1 aromatic heterocycles. The zero-order valence-corrected chi connectivity index (χ0v) is 14.4. The summed E-state index contributed by atoms with van der Waals surface area (Å²) in [7, 11) is -3.75. The minimum atomic E-state index is -3.75. The molecule has 2 aromatic rings. The van der Waals surface area contributed by atoms with Crippen LogP contribution in [0.4, 0.5) is 5.13 Å². The van der Waals surface area contributed by atoms with Crippen molar-refractivity contribution in [2.75, 3.05) is 17.9 Å². The van der Waals surface area contributed by atoms with Crippen molar-refractivity contribution in [1.29, 1.82) is 0 Å². The third kappa shape index (κ3) is 3.56. The number of benzene rings is 1. The predicted octanol–water partition coefficient (Wildman–Crippen LogP) is 2.62. The van der Waals surface area contributed by atoms with Gasteiger partial charge in [-0.3, -0.25) is 4.72 Å². The number of hydrogen-bond acceptors (Lipinski definition) is 7. The maximum absolute atomic E-state index is 12.5. The van der Waals surface area contributed by atoms with Gasteiger partial charge < -0.3 is 9.47 Å². The monoisotopic (exact) mass is 355 g/mol. The smallest absolute Gasteiger partial charge is 0.263 e. The molecule has 0 fully saturated rings. The number of hydrogen-bond donors (Lipinski definition) is 1. The molecule has 1 N–H and O–H groups in total. The average Bonchev–Trinajstić information content (AvgIpc) is 2.83. The summed E-state index contributed by atoms with van der Waals surface area (Å²) < 4.78 is 38.5. The highest BCUT2D eigenvalue weighted by molar-refractivity contribution is 7.93. The molecule has 3 rings (SSSR count). The second-order valence-corrected chi connectivity index (χ2v) is 8.06. The van der Waals surface area contributed by atoms with Crippen LogP contribution in [0.25, 0.3) is 0 Å². The fraction of sp³-hybridized carbons (Fsp3) is 0.429. The fourth-order valence-electron chi connectivity index (χ4n) is 1.99. The highest BCUT2D eigenvalue weighted by Gasteiger charge is 2.21. The topological polar surface area (TPSA) is 90.4 Å². The van der Waals surface area contributed by atoms with Gasteiger partial charge in [0.15, 0.2) is 11.5 Å². The zero-order chi connectivity index (χ0) is 16.4. The summed E-state index contributed by atoms with van der Waals surface area (Å²) in [6.07, 6.45) is 0.762. The Morgan fingerprint density at radius 2 is 1.91 bits per heavy atom. The summed E-state index contributed by atoms with van der Waals surface area (Å²) in [5.41, 5.74) is 0. The second-order valence-electron chi connectivity index (χ2n) is 5.36. The van der Waals surface area contributed by atoms with E-state index in [1.807, 2.05) is 13.8 Å². The molecule has 0 amide bonds. The predicted molar refractivity (Wildman–Crippen MR) is 86.9 cm³/mol. The highest BCUT2D eigenvalue weighted by Crippen LogP contribution is 2.33. The van der Waals surface area contributed by atoms with Crippen molar-refractivity contribution in [3.63, 3.8) is 0 Å². The van der Waals surface area contributed by atoms with Crippen LogP contribution in [0.1, 0.15) is 31.2 Å². The van der Waals surface area contributed by atoms with Crippen molar-refractivity contribution >= 4 is 26.5 Å². The van der Waals surface area contributed by atoms with Crippen molar-refractivity contribution in [2.45, 2.75) is 31.1 Å². The minimum Gasteiger partial charge on any atom is -0.490 e. The molecule has 124 valence electrons. The van der Waals surface area contributed by atoms with Crippen LogP contribution in [-0.4, -0.2) is 31.8 Å². The number of anilines is 1. The van der Waals surface area contributed by atoms with Crippen LogP contribution in [0.3, 0.4) is 0 Å². The van der Waals surface area contributed by atoms with Crippen LogP contribution >= 0.6 is 11.3 Å². The molecule has 0 spiro atoms. The lowest BCUT2D eigenvalue weighted by Gasteiger charge is -2.10. The number of ether oxygens (including phenoxy) is 2. The quantitative estimate of drug-likeness (QED) is 0.907. The van der Waals surface area contributed by atoms with E-state index < -0.39 is 10.0 Å². The van der Waals surface area contributed by atoms with E-state index >= 15 is 0 Å². The molecule has 7 nitrogen and oxygen atoms in total. The van der Waals surface area contributed by atoms with Gasteiger partial charge in [0.1, 0.15) is 5.01 Å². The molecule has 0 aliphatic carbocycles. The van der Waals surface area contributed by atoms with Gasteiger partial charge in [0.05, 0.1) is 18.1 Å². The van der Waals surface area contributed by atoms with E-state index in [4.69, 9.17) is 9.47 Å². The molecule has 0 atom stereocenters. The number of aromatic nitrogens is 2. The number of rotatable bonds is 4. The average molecular weight is 355 g/mol. The molecule has 0 bridgehead atoms. The van der Waals surface area contributed by atoms with E-state index in [0.29, 0.717) is 24.7 Å². The van der Waals surface area contributed by atoms with E-state index in [1.165, 1.54) is 23.5 Å². The van der Waals surface area contributed by atoms with E-state index in [1.54, 1.807) is 6.07 Å². The summed E-state index contributed by atoms with van der Waals surface area (Å²) >= 11 is 1.23. The highest BCUT2D eigenvalue weighted by atomic mass is 32.2. The third-order valence-electron chi connectivity index (χ3n) is 3.19. The van der Waals surface area contributed by atoms with Crippen molar-refractivity contribution in [3.05, 3.63) is 23.2 Å². The maximum atomic E-state index is 12.5. The van der Waals surface area contributed by atoms with Gasteiger partial charge in [-0.2, -0.15) is 0 Å². The summed E-state index contributed by atoms with van der Waals surface area (Å²) in [5.74, 6) is 1.19.